The van der Waals surface area contributed by atoms with E-state index in [1.165, 1.54) is 23.0 Å². The lowest BCUT2D eigenvalue weighted by Crippen LogP contribution is -2.40. The predicted molar refractivity (Wildman–Crippen MR) is 204 cm³/mol. The number of nitrogens with zero attached hydrogens (tertiary/aromatic N) is 2. The van der Waals surface area contributed by atoms with Crippen LogP contribution < -0.4 is 29.1 Å². The van der Waals surface area contributed by atoms with Gasteiger partial charge in [0.1, 0.15) is 12.4 Å². The lowest BCUT2D eigenvalue weighted by atomic mass is 9.95. The van der Waals surface area contributed by atoms with Gasteiger partial charge in [-0.3, -0.25) is 9.36 Å². The van der Waals surface area contributed by atoms with Crippen molar-refractivity contribution < 1.29 is 42.8 Å². The van der Waals surface area contributed by atoms with Gasteiger partial charge in [-0.1, -0.05) is 45.5 Å². The number of fused-ring (bicyclic) bond motifs is 1. The van der Waals surface area contributed by atoms with Crippen molar-refractivity contribution >= 4 is 67.2 Å². The van der Waals surface area contributed by atoms with Crippen LogP contribution >= 0.6 is 43.2 Å². The number of carbonyl (C=O) groups excluding carboxylic acids is 3. The van der Waals surface area contributed by atoms with Gasteiger partial charge in [0, 0.05) is 10.0 Å². The minimum atomic E-state index is -0.927. The monoisotopic (exact) mass is 870 g/mol. The standard InChI is InChI=1S/C38H36Br2N2O10S/c1-6-48-29-16-24(13-14-28(29)51-20-31(43)47-5)33-32(37(46)50-8-3)21(4)41-38-42(33)35(44)30(53-38)17-25-15-26(39)18-27(40)34(25)52-19-22-9-11-23(12-10-22)36(45)49-7-2/h9-18,33H,6-8,19-20H2,1-5H3/b30-17+/t33-/m0/s1. The van der Waals surface area contributed by atoms with Crippen molar-refractivity contribution in [3.05, 3.63) is 117 Å². The first-order chi connectivity index (χ1) is 25.5. The summed E-state index contributed by atoms with van der Waals surface area (Å²) in [6, 6.07) is 14.7. The van der Waals surface area contributed by atoms with Crippen LogP contribution in [0.1, 0.15) is 60.8 Å². The Hall–Kier alpha value is -4.73. The number of esters is 3. The lowest BCUT2D eigenvalue weighted by molar-refractivity contribution is -0.143. The van der Waals surface area contributed by atoms with E-state index in [2.05, 4.69) is 36.9 Å². The number of hydrogen-bond acceptors (Lipinski definition) is 12. The van der Waals surface area contributed by atoms with Gasteiger partial charge in [0.15, 0.2) is 22.9 Å². The maximum Gasteiger partial charge on any atom is 0.343 e. The van der Waals surface area contributed by atoms with Crippen molar-refractivity contribution in [3.63, 3.8) is 0 Å². The van der Waals surface area contributed by atoms with Crippen molar-refractivity contribution in [2.24, 2.45) is 4.99 Å². The molecular weight excluding hydrogens is 836 g/mol. The van der Waals surface area contributed by atoms with E-state index in [-0.39, 0.29) is 44.4 Å². The number of thiazole rings is 1. The number of benzene rings is 3. The van der Waals surface area contributed by atoms with E-state index >= 15 is 0 Å². The first-order valence-electron chi connectivity index (χ1n) is 16.5. The van der Waals surface area contributed by atoms with Crippen LogP contribution in [0.25, 0.3) is 6.08 Å². The van der Waals surface area contributed by atoms with E-state index in [0.29, 0.717) is 47.7 Å². The molecule has 0 saturated heterocycles. The summed E-state index contributed by atoms with van der Waals surface area (Å²) in [6.45, 7) is 7.48. The summed E-state index contributed by atoms with van der Waals surface area (Å²) < 4.78 is 36.2. The Morgan fingerprint density at radius 2 is 1.60 bits per heavy atom. The number of methoxy groups -OCH3 is 1. The van der Waals surface area contributed by atoms with Crippen molar-refractivity contribution in [1.29, 1.82) is 0 Å². The Kier molecular flexibility index (Phi) is 13.3. The Morgan fingerprint density at radius 3 is 2.28 bits per heavy atom. The van der Waals surface area contributed by atoms with Crippen LogP contribution in [0.3, 0.4) is 0 Å². The SMILES string of the molecule is CCOC(=O)C1=C(C)N=c2s/c(=C/c3cc(Br)cc(Br)c3OCc3ccc(C(=O)OCC)cc3)c(=O)n2[C@H]1c1ccc(OCC(=O)OC)c(OCC)c1. The van der Waals surface area contributed by atoms with Gasteiger partial charge in [-0.15, -0.1) is 0 Å². The highest BCUT2D eigenvalue weighted by atomic mass is 79.9. The minimum absolute atomic E-state index is 0.118. The molecule has 0 spiro atoms. The summed E-state index contributed by atoms with van der Waals surface area (Å²) >= 11 is 8.32. The van der Waals surface area contributed by atoms with E-state index < -0.39 is 29.5 Å². The fourth-order valence-corrected chi connectivity index (χ4v) is 7.88. The first kappa shape index (κ1) is 39.5. The Bertz CT molecular complexity index is 2250. The molecule has 15 heteroatoms. The fraction of sp³-hybridized carbons (Fsp3) is 0.289. The molecule has 0 saturated carbocycles. The summed E-state index contributed by atoms with van der Waals surface area (Å²) in [7, 11) is 1.26. The van der Waals surface area contributed by atoms with Crippen molar-refractivity contribution in [3.8, 4) is 17.2 Å². The average Bonchev–Trinajstić information content (AvgIpc) is 3.43. The van der Waals surface area contributed by atoms with Gasteiger partial charge in [-0.25, -0.2) is 19.4 Å². The molecule has 5 rings (SSSR count). The van der Waals surface area contributed by atoms with Gasteiger partial charge >= 0.3 is 17.9 Å². The third-order valence-corrected chi connectivity index (χ3v) is 9.88. The molecule has 1 atom stereocenters. The van der Waals surface area contributed by atoms with Crippen LogP contribution in [0.4, 0.5) is 0 Å². The van der Waals surface area contributed by atoms with E-state index in [1.54, 1.807) is 76.2 Å². The maximum atomic E-state index is 14.4. The number of hydrogen-bond donors (Lipinski definition) is 0. The smallest absolute Gasteiger partial charge is 0.343 e. The normalized spacial score (nSPS) is 13.9. The van der Waals surface area contributed by atoms with Crippen molar-refractivity contribution in [2.45, 2.75) is 40.3 Å². The molecule has 0 radical (unpaired) electrons. The molecule has 0 fully saturated rings. The zero-order valence-corrected chi connectivity index (χ0v) is 33.5. The summed E-state index contributed by atoms with van der Waals surface area (Å²) in [5, 5.41) is 0. The molecule has 0 bridgehead atoms. The first-order valence-corrected chi connectivity index (χ1v) is 18.9. The van der Waals surface area contributed by atoms with E-state index in [1.807, 2.05) is 12.1 Å². The summed E-state index contributed by atoms with van der Waals surface area (Å²) in [5.41, 5.74) is 2.58. The van der Waals surface area contributed by atoms with Gasteiger partial charge in [-0.05, 0) is 97.2 Å². The van der Waals surface area contributed by atoms with Gasteiger partial charge in [-0.2, -0.15) is 0 Å². The zero-order valence-electron chi connectivity index (χ0n) is 29.5. The quantitative estimate of drug-likeness (QED) is 0.109. The lowest BCUT2D eigenvalue weighted by Gasteiger charge is -2.25. The highest BCUT2D eigenvalue weighted by molar-refractivity contribution is 9.11. The molecule has 1 aliphatic heterocycles. The summed E-state index contributed by atoms with van der Waals surface area (Å²) in [4.78, 5) is 56.8. The van der Waals surface area contributed by atoms with Crippen molar-refractivity contribution in [1.82, 2.24) is 4.57 Å². The van der Waals surface area contributed by atoms with Gasteiger partial charge in [0.2, 0.25) is 0 Å². The highest BCUT2D eigenvalue weighted by Gasteiger charge is 2.34. The number of ether oxygens (including phenoxy) is 6. The van der Waals surface area contributed by atoms with Gasteiger partial charge in [0.25, 0.3) is 5.56 Å². The number of halogens is 2. The molecule has 1 aliphatic rings. The molecule has 53 heavy (non-hydrogen) atoms. The summed E-state index contributed by atoms with van der Waals surface area (Å²) in [5.74, 6) is -0.499. The van der Waals surface area contributed by atoms with Crippen LogP contribution in [0.15, 0.2) is 84.6 Å². The fourth-order valence-electron chi connectivity index (χ4n) is 5.47. The largest absolute Gasteiger partial charge is 0.490 e. The number of allylic oxidation sites excluding steroid dienone is 1. The molecule has 0 unspecified atom stereocenters. The third-order valence-electron chi connectivity index (χ3n) is 7.85. The molecule has 2 heterocycles. The Labute approximate surface area is 325 Å². The molecular formula is C38H36Br2N2O10S. The number of aromatic nitrogens is 1. The van der Waals surface area contributed by atoms with Gasteiger partial charge in [0.05, 0.1) is 58.8 Å². The van der Waals surface area contributed by atoms with Gasteiger partial charge < -0.3 is 28.4 Å². The van der Waals surface area contributed by atoms with Crippen LogP contribution in [0, 0.1) is 0 Å². The van der Waals surface area contributed by atoms with Crippen LogP contribution in [-0.4, -0.2) is 56.0 Å². The van der Waals surface area contributed by atoms with E-state index in [9.17, 15) is 19.2 Å². The zero-order chi connectivity index (χ0) is 38.2. The predicted octanol–water partition coefficient (Wildman–Crippen LogP) is 6.03. The number of carbonyl (C=O) groups is 3. The molecule has 0 N–H and O–H groups in total. The molecule has 12 nitrogen and oxygen atoms in total. The minimum Gasteiger partial charge on any atom is -0.490 e. The van der Waals surface area contributed by atoms with E-state index in [0.717, 1.165) is 10.0 Å². The van der Waals surface area contributed by atoms with Crippen LogP contribution in [0.5, 0.6) is 17.2 Å². The number of rotatable bonds is 14. The second kappa shape index (κ2) is 17.9. The van der Waals surface area contributed by atoms with E-state index in [4.69, 9.17) is 28.4 Å². The molecule has 3 aromatic carbocycles. The molecule has 0 aliphatic carbocycles. The topological polar surface area (TPSA) is 141 Å². The van der Waals surface area contributed by atoms with Crippen molar-refractivity contribution in [2.75, 3.05) is 33.5 Å². The maximum absolute atomic E-state index is 14.4. The molecule has 4 aromatic rings. The van der Waals surface area contributed by atoms with Crippen LogP contribution in [0.2, 0.25) is 0 Å². The Balaban J connectivity index is 1.58. The molecule has 0 amide bonds. The summed E-state index contributed by atoms with van der Waals surface area (Å²) in [6.07, 6.45) is 1.72. The average molecular weight is 873 g/mol. The second-order valence-electron chi connectivity index (χ2n) is 11.3. The molecule has 1 aromatic heterocycles. The van der Waals surface area contributed by atoms with Crippen LogP contribution in [-0.2, 0) is 30.4 Å². The third kappa shape index (κ3) is 9.08. The Morgan fingerprint density at radius 1 is 0.887 bits per heavy atom. The highest BCUT2D eigenvalue weighted by Crippen LogP contribution is 2.37. The molecule has 278 valence electrons. The second-order valence-corrected chi connectivity index (χ2v) is 14.1.